The van der Waals surface area contributed by atoms with Crippen LogP contribution in [0.1, 0.15) is 108 Å². The second-order valence-corrected chi connectivity index (χ2v) is 8.94. The van der Waals surface area contributed by atoms with Crippen LogP contribution in [0.15, 0.2) is 36.4 Å². The molecule has 0 atom stereocenters. The van der Waals surface area contributed by atoms with Gasteiger partial charge in [0.15, 0.2) is 0 Å². The minimum Gasteiger partial charge on any atom is -0.478 e. The first-order valence-electron chi connectivity index (χ1n) is 11.8. The van der Waals surface area contributed by atoms with Crippen molar-refractivity contribution in [3.8, 4) is 0 Å². The van der Waals surface area contributed by atoms with E-state index >= 15 is 0 Å². The van der Waals surface area contributed by atoms with E-state index < -0.39 is 11.9 Å². The molecule has 0 aliphatic heterocycles. The monoisotopic (exact) mass is 458 g/mol. The summed E-state index contributed by atoms with van der Waals surface area (Å²) in [6.45, 7) is 0. The lowest BCUT2D eigenvalue weighted by molar-refractivity contribution is 0.0599. The first-order valence-corrected chi connectivity index (χ1v) is 11.8. The third-order valence-corrected chi connectivity index (χ3v) is 6.76. The molecule has 0 aromatic heterocycles. The van der Waals surface area contributed by atoms with Crippen LogP contribution in [0.4, 0.5) is 8.78 Å². The average Bonchev–Trinajstić information content (AvgIpc) is 2.85. The lowest BCUT2D eigenvalue weighted by Crippen LogP contribution is -2.08. The number of rotatable bonds is 4. The third kappa shape index (κ3) is 6.62. The molecule has 4 rings (SSSR count). The molecule has 0 unspecified atom stereocenters. The average molecular weight is 459 g/mol. The van der Waals surface area contributed by atoms with Gasteiger partial charge in [0.05, 0.1) is 18.2 Å². The Labute approximate surface area is 194 Å². The number of methoxy groups -OCH3 is 1. The largest absolute Gasteiger partial charge is 0.478 e. The maximum atomic E-state index is 13.9. The topological polar surface area (TPSA) is 63.6 Å². The van der Waals surface area contributed by atoms with Crippen LogP contribution < -0.4 is 0 Å². The Morgan fingerprint density at radius 1 is 0.758 bits per heavy atom. The summed E-state index contributed by atoms with van der Waals surface area (Å²) in [6, 6.07) is 8.93. The number of hydrogen-bond donors (Lipinski definition) is 1. The molecule has 2 aliphatic rings. The molecule has 1 N–H and O–H groups in total. The molecule has 0 bridgehead atoms. The highest BCUT2D eigenvalue weighted by atomic mass is 19.1. The van der Waals surface area contributed by atoms with Gasteiger partial charge in [0.25, 0.3) is 0 Å². The zero-order valence-corrected chi connectivity index (χ0v) is 19.1. The lowest BCUT2D eigenvalue weighted by Gasteiger charge is -2.22. The SMILES string of the molecule is COC(=O)c1ccc(C2CCCCC2)c(F)c1.O=C(O)c1ccc(C2CCCCC2)c(F)c1. The van der Waals surface area contributed by atoms with E-state index in [1.165, 1.54) is 44.9 Å². The van der Waals surface area contributed by atoms with Crippen molar-refractivity contribution in [3.05, 3.63) is 70.3 Å². The number of carbonyl (C=O) groups is 2. The molecular formula is C27H32F2O4. The maximum Gasteiger partial charge on any atom is 0.337 e. The predicted octanol–water partition coefficient (Wildman–Crippen LogP) is 7.23. The van der Waals surface area contributed by atoms with Crippen LogP contribution in [0, 0.1) is 11.6 Å². The Bertz CT molecular complexity index is 961. The van der Waals surface area contributed by atoms with Gasteiger partial charge in [-0.05, 0) is 72.9 Å². The molecule has 2 saturated carbocycles. The normalized spacial score (nSPS) is 17.1. The van der Waals surface area contributed by atoms with Crippen LogP contribution in [-0.2, 0) is 4.74 Å². The van der Waals surface area contributed by atoms with Crippen molar-refractivity contribution in [2.75, 3.05) is 7.11 Å². The number of carboxylic acids is 1. The zero-order valence-electron chi connectivity index (χ0n) is 19.1. The summed E-state index contributed by atoms with van der Waals surface area (Å²) < 4.78 is 32.2. The van der Waals surface area contributed by atoms with Crippen LogP contribution in [0.3, 0.4) is 0 Å². The molecule has 4 nitrogen and oxygen atoms in total. The van der Waals surface area contributed by atoms with E-state index in [9.17, 15) is 18.4 Å². The van der Waals surface area contributed by atoms with Gasteiger partial charge in [0.2, 0.25) is 0 Å². The van der Waals surface area contributed by atoms with E-state index in [2.05, 4.69) is 4.74 Å². The van der Waals surface area contributed by atoms with E-state index in [0.717, 1.165) is 50.2 Å². The molecule has 2 fully saturated rings. The summed E-state index contributed by atoms with van der Waals surface area (Å²) in [5, 5.41) is 8.74. The van der Waals surface area contributed by atoms with E-state index in [4.69, 9.17) is 5.11 Å². The summed E-state index contributed by atoms with van der Waals surface area (Å²) in [7, 11) is 1.30. The number of halogens is 2. The van der Waals surface area contributed by atoms with Gasteiger partial charge in [-0.25, -0.2) is 18.4 Å². The molecule has 2 aromatic rings. The molecule has 0 saturated heterocycles. The zero-order chi connectivity index (χ0) is 23.8. The van der Waals surface area contributed by atoms with Crippen LogP contribution >= 0.6 is 0 Å². The van der Waals surface area contributed by atoms with Crippen LogP contribution in [-0.4, -0.2) is 24.2 Å². The quantitative estimate of drug-likeness (QED) is 0.491. The first-order chi connectivity index (χ1) is 15.9. The smallest absolute Gasteiger partial charge is 0.337 e. The highest BCUT2D eigenvalue weighted by molar-refractivity contribution is 5.89. The van der Waals surface area contributed by atoms with Gasteiger partial charge in [-0.15, -0.1) is 0 Å². The summed E-state index contributed by atoms with van der Waals surface area (Å²) >= 11 is 0. The van der Waals surface area contributed by atoms with Crippen LogP contribution in [0.25, 0.3) is 0 Å². The Kier molecular flexibility index (Phi) is 8.98. The van der Waals surface area contributed by atoms with Crippen molar-refractivity contribution < 1.29 is 28.2 Å². The maximum absolute atomic E-state index is 13.9. The van der Waals surface area contributed by atoms with E-state index in [1.54, 1.807) is 18.2 Å². The van der Waals surface area contributed by atoms with Gasteiger partial charge in [-0.1, -0.05) is 50.7 Å². The van der Waals surface area contributed by atoms with Crippen molar-refractivity contribution in [2.45, 2.75) is 76.0 Å². The highest BCUT2D eigenvalue weighted by Gasteiger charge is 2.21. The minimum absolute atomic E-state index is 0.0251. The van der Waals surface area contributed by atoms with Gasteiger partial charge in [0, 0.05) is 0 Å². The summed E-state index contributed by atoms with van der Waals surface area (Å²) in [6.07, 6.45) is 11.2. The predicted molar refractivity (Wildman–Crippen MR) is 123 cm³/mol. The fourth-order valence-corrected chi connectivity index (χ4v) is 4.92. The van der Waals surface area contributed by atoms with Crippen LogP contribution in [0.5, 0.6) is 0 Å². The number of benzene rings is 2. The molecule has 0 amide bonds. The lowest BCUT2D eigenvalue weighted by atomic mass is 9.83. The fraction of sp³-hybridized carbons (Fsp3) is 0.481. The number of ether oxygens (including phenoxy) is 1. The molecular weight excluding hydrogens is 426 g/mol. The molecule has 0 heterocycles. The molecule has 178 valence electrons. The van der Waals surface area contributed by atoms with Crippen molar-refractivity contribution in [1.82, 2.24) is 0 Å². The van der Waals surface area contributed by atoms with Gasteiger partial charge < -0.3 is 9.84 Å². The van der Waals surface area contributed by atoms with Crippen molar-refractivity contribution in [3.63, 3.8) is 0 Å². The number of aromatic carboxylic acids is 1. The number of carboxylic acid groups (broad SMARTS) is 1. The van der Waals surface area contributed by atoms with Crippen LogP contribution in [0.2, 0.25) is 0 Å². The number of hydrogen-bond acceptors (Lipinski definition) is 3. The van der Waals surface area contributed by atoms with E-state index in [1.807, 2.05) is 0 Å². The molecule has 6 heteroatoms. The standard InChI is InChI=1S/C14H17FO2.C13H15FO2/c1-17-14(16)11-7-8-12(13(15)9-11)10-5-3-2-4-6-10;14-12-8-10(13(15)16)6-7-11(12)9-4-2-1-3-5-9/h7-10H,2-6H2,1H3;6-9H,1-5H2,(H,15,16). The first kappa shape index (κ1) is 24.9. The molecule has 0 radical (unpaired) electrons. The molecule has 2 aromatic carbocycles. The Hall–Kier alpha value is -2.76. The van der Waals surface area contributed by atoms with E-state index in [-0.39, 0.29) is 28.7 Å². The van der Waals surface area contributed by atoms with E-state index in [0.29, 0.717) is 11.5 Å². The highest BCUT2D eigenvalue weighted by Crippen LogP contribution is 2.35. The van der Waals surface area contributed by atoms with Gasteiger partial charge in [0.1, 0.15) is 11.6 Å². The van der Waals surface area contributed by atoms with Crippen molar-refractivity contribution >= 4 is 11.9 Å². The van der Waals surface area contributed by atoms with Gasteiger partial charge in [-0.2, -0.15) is 0 Å². The Morgan fingerprint density at radius 2 is 1.18 bits per heavy atom. The van der Waals surface area contributed by atoms with Crippen molar-refractivity contribution in [2.24, 2.45) is 0 Å². The minimum atomic E-state index is -1.07. The fourth-order valence-electron chi connectivity index (χ4n) is 4.92. The van der Waals surface area contributed by atoms with Crippen molar-refractivity contribution in [1.29, 1.82) is 0 Å². The Balaban J connectivity index is 0.000000186. The van der Waals surface area contributed by atoms with Gasteiger partial charge in [-0.3, -0.25) is 0 Å². The summed E-state index contributed by atoms with van der Waals surface area (Å²) in [5.41, 5.74) is 1.74. The second-order valence-electron chi connectivity index (χ2n) is 8.94. The number of carbonyl (C=O) groups excluding carboxylic acids is 1. The second kappa shape index (κ2) is 11.9. The molecule has 0 spiro atoms. The summed E-state index contributed by atoms with van der Waals surface area (Å²) in [4.78, 5) is 21.9. The van der Waals surface area contributed by atoms with Gasteiger partial charge >= 0.3 is 11.9 Å². The number of esters is 1. The summed E-state index contributed by atoms with van der Waals surface area (Å²) in [5.74, 6) is -1.62. The third-order valence-electron chi connectivity index (χ3n) is 6.76. The molecule has 33 heavy (non-hydrogen) atoms. The molecule has 2 aliphatic carbocycles. The Morgan fingerprint density at radius 3 is 1.58 bits per heavy atom.